The van der Waals surface area contributed by atoms with Crippen molar-refractivity contribution in [2.45, 2.75) is 0 Å². The Morgan fingerprint density at radius 2 is 0.754 bits per heavy atom. The smallest absolute Gasteiger partial charge is 0.0788 e. The Morgan fingerprint density at radius 1 is 0.279 bits per heavy atom. The maximum absolute atomic E-state index is 5.34. The van der Waals surface area contributed by atoms with Gasteiger partial charge in [-0.15, -0.1) is 0 Å². The number of aromatic nitrogens is 2. The summed E-state index contributed by atoms with van der Waals surface area (Å²) in [5, 5.41) is 5.78. The van der Waals surface area contributed by atoms with Crippen LogP contribution < -0.4 is 4.90 Å². The second-order valence-electron chi connectivity index (χ2n) is 15.4. The average molecular weight is 778 g/mol. The minimum atomic E-state index is 0.929. The lowest BCUT2D eigenvalue weighted by molar-refractivity contribution is 1.28. The summed E-state index contributed by atoms with van der Waals surface area (Å²) >= 11 is 0. The molecule has 0 bridgehead atoms. The van der Waals surface area contributed by atoms with E-state index in [9.17, 15) is 0 Å². The van der Waals surface area contributed by atoms with E-state index in [1.807, 2.05) is 0 Å². The highest BCUT2D eigenvalue weighted by Gasteiger charge is 2.17. The summed E-state index contributed by atoms with van der Waals surface area (Å²) in [6, 6.07) is 83.9. The lowest BCUT2D eigenvalue weighted by atomic mass is 9.93. The number of para-hydroxylation sites is 3. The van der Waals surface area contributed by atoms with Crippen molar-refractivity contribution in [2.75, 3.05) is 4.90 Å². The Labute approximate surface area is 355 Å². The minimum Gasteiger partial charge on any atom is -0.311 e. The number of anilines is 3. The SMILES string of the molecule is c1ccc(-c2ccc(-c3cc(-c4ccccc4)nc(-c4ccc5ccc6c(-c7ccc(N(c8ccccc8)c8ccccc8)cc7)nc7ccccc7c6c5c4)c3)cc2)cc1. The summed E-state index contributed by atoms with van der Waals surface area (Å²) in [7, 11) is 0. The zero-order valence-electron chi connectivity index (χ0n) is 33.4. The van der Waals surface area contributed by atoms with E-state index in [0.29, 0.717) is 0 Å². The molecule has 286 valence electrons. The molecule has 0 N–H and O–H groups in total. The molecule has 0 fully saturated rings. The lowest BCUT2D eigenvalue weighted by Gasteiger charge is -2.25. The van der Waals surface area contributed by atoms with Gasteiger partial charge in [0.15, 0.2) is 0 Å². The van der Waals surface area contributed by atoms with E-state index in [4.69, 9.17) is 9.97 Å². The Balaban J connectivity index is 1.05. The van der Waals surface area contributed by atoms with Crippen LogP contribution >= 0.6 is 0 Å². The van der Waals surface area contributed by atoms with E-state index < -0.39 is 0 Å². The van der Waals surface area contributed by atoms with E-state index in [1.165, 1.54) is 27.3 Å². The van der Waals surface area contributed by atoms with Gasteiger partial charge in [0.2, 0.25) is 0 Å². The molecule has 2 heterocycles. The lowest BCUT2D eigenvalue weighted by Crippen LogP contribution is -2.09. The van der Waals surface area contributed by atoms with Gasteiger partial charge in [-0.1, -0.05) is 176 Å². The van der Waals surface area contributed by atoms with Crippen molar-refractivity contribution in [2.24, 2.45) is 0 Å². The monoisotopic (exact) mass is 777 g/mol. The fourth-order valence-electron chi connectivity index (χ4n) is 8.61. The van der Waals surface area contributed by atoms with Gasteiger partial charge in [-0.3, -0.25) is 0 Å². The molecule has 0 spiro atoms. The van der Waals surface area contributed by atoms with Crippen molar-refractivity contribution < 1.29 is 0 Å². The summed E-state index contributed by atoms with van der Waals surface area (Å²) in [5.74, 6) is 0. The first-order valence-corrected chi connectivity index (χ1v) is 20.7. The average Bonchev–Trinajstić information content (AvgIpc) is 3.35. The van der Waals surface area contributed by atoms with Crippen molar-refractivity contribution >= 4 is 49.5 Å². The largest absolute Gasteiger partial charge is 0.311 e. The molecular weight excluding hydrogens is 739 g/mol. The predicted octanol–water partition coefficient (Wildman–Crippen LogP) is 15.7. The first kappa shape index (κ1) is 36.0. The first-order chi connectivity index (χ1) is 30.2. The fraction of sp³-hybridized carbons (Fsp3) is 0. The molecular formula is C58H39N3. The van der Waals surface area contributed by atoms with Gasteiger partial charge in [0.1, 0.15) is 0 Å². The van der Waals surface area contributed by atoms with Crippen molar-refractivity contribution in [1.82, 2.24) is 9.97 Å². The number of hydrogen-bond acceptors (Lipinski definition) is 3. The van der Waals surface area contributed by atoms with Gasteiger partial charge < -0.3 is 4.90 Å². The molecule has 0 radical (unpaired) electrons. The molecule has 0 atom stereocenters. The Kier molecular flexibility index (Phi) is 9.18. The highest BCUT2D eigenvalue weighted by molar-refractivity contribution is 6.22. The van der Waals surface area contributed by atoms with E-state index in [0.717, 1.165) is 78.3 Å². The molecule has 9 aromatic carbocycles. The zero-order chi connectivity index (χ0) is 40.5. The third kappa shape index (κ3) is 6.88. The van der Waals surface area contributed by atoms with Crippen molar-refractivity contribution in [3.05, 3.63) is 237 Å². The number of pyridine rings is 2. The van der Waals surface area contributed by atoms with Gasteiger partial charge in [-0.2, -0.15) is 0 Å². The number of benzene rings is 9. The summed E-state index contributed by atoms with van der Waals surface area (Å²) in [4.78, 5) is 13.0. The maximum Gasteiger partial charge on any atom is 0.0788 e. The summed E-state index contributed by atoms with van der Waals surface area (Å²) in [6.07, 6.45) is 0. The van der Waals surface area contributed by atoms with Gasteiger partial charge in [0, 0.05) is 49.9 Å². The van der Waals surface area contributed by atoms with Crippen LogP contribution in [0, 0.1) is 0 Å². The van der Waals surface area contributed by atoms with Crippen LogP contribution in [0.2, 0.25) is 0 Å². The summed E-state index contributed by atoms with van der Waals surface area (Å²) in [6.45, 7) is 0. The van der Waals surface area contributed by atoms with Crippen molar-refractivity contribution in [3.8, 4) is 56.0 Å². The van der Waals surface area contributed by atoms with Crippen LogP contribution in [0.15, 0.2) is 237 Å². The predicted molar refractivity (Wildman–Crippen MR) is 256 cm³/mol. The third-order valence-corrected chi connectivity index (χ3v) is 11.6. The van der Waals surface area contributed by atoms with Gasteiger partial charge in [0.25, 0.3) is 0 Å². The number of rotatable bonds is 8. The molecule has 0 aliphatic carbocycles. The summed E-state index contributed by atoms with van der Waals surface area (Å²) < 4.78 is 0. The molecule has 11 rings (SSSR count). The molecule has 0 aliphatic rings. The molecule has 11 aromatic rings. The topological polar surface area (TPSA) is 29.0 Å². The van der Waals surface area contributed by atoms with Crippen LogP contribution in [-0.4, -0.2) is 9.97 Å². The Hall–Kier alpha value is -8.14. The van der Waals surface area contributed by atoms with Crippen LogP contribution in [-0.2, 0) is 0 Å². The molecule has 0 unspecified atom stereocenters. The van der Waals surface area contributed by atoms with E-state index >= 15 is 0 Å². The van der Waals surface area contributed by atoms with Crippen molar-refractivity contribution in [1.29, 1.82) is 0 Å². The number of fused-ring (bicyclic) bond motifs is 5. The minimum absolute atomic E-state index is 0.929. The summed E-state index contributed by atoms with van der Waals surface area (Å²) in [5.41, 5.74) is 15.0. The van der Waals surface area contributed by atoms with E-state index in [1.54, 1.807) is 0 Å². The third-order valence-electron chi connectivity index (χ3n) is 11.6. The van der Waals surface area contributed by atoms with Crippen molar-refractivity contribution in [3.63, 3.8) is 0 Å². The highest BCUT2D eigenvalue weighted by Crippen LogP contribution is 2.41. The molecule has 2 aromatic heterocycles. The Morgan fingerprint density at radius 3 is 1.41 bits per heavy atom. The molecule has 61 heavy (non-hydrogen) atoms. The second-order valence-corrected chi connectivity index (χ2v) is 15.4. The van der Waals surface area contributed by atoms with E-state index in [-0.39, 0.29) is 0 Å². The maximum atomic E-state index is 5.34. The molecule has 0 aliphatic heterocycles. The molecule has 0 saturated heterocycles. The zero-order valence-corrected chi connectivity index (χ0v) is 33.4. The van der Waals surface area contributed by atoms with Gasteiger partial charge in [0.05, 0.1) is 22.6 Å². The molecule has 3 heteroatoms. The fourth-order valence-corrected chi connectivity index (χ4v) is 8.61. The number of hydrogen-bond donors (Lipinski definition) is 0. The molecule has 0 amide bonds. The normalized spacial score (nSPS) is 11.3. The van der Waals surface area contributed by atoms with Gasteiger partial charge in [-0.25, -0.2) is 9.97 Å². The van der Waals surface area contributed by atoms with Crippen LogP contribution in [0.5, 0.6) is 0 Å². The van der Waals surface area contributed by atoms with Crippen LogP contribution in [0.25, 0.3) is 88.5 Å². The van der Waals surface area contributed by atoms with Gasteiger partial charge >= 0.3 is 0 Å². The number of nitrogens with zero attached hydrogens (tertiary/aromatic N) is 3. The quantitative estimate of drug-likeness (QED) is 0.144. The van der Waals surface area contributed by atoms with Crippen LogP contribution in [0.4, 0.5) is 17.1 Å². The van der Waals surface area contributed by atoms with E-state index in [2.05, 4.69) is 241 Å². The standard InChI is InChI=1S/C58H39N3/c1-5-15-40(16-6-1)41-25-27-42(28-26-41)47-38-55(44-17-7-2-8-18-44)59-56(39-47)46-30-29-43-33-36-52-57(53(43)37-46)51-23-13-14-24-54(51)60-58(52)45-31-34-50(35-32-45)61(48-19-9-3-10-20-48)49-21-11-4-12-22-49/h1-39H. The van der Waals surface area contributed by atoms with Crippen LogP contribution in [0.1, 0.15) is 0 Å². The first-order valence-electron chi connectivity index (χ1n) is 20.7. The Bertz CT molecular complexity index is 3270. The second kappa shape index (κ2) is 15.6. The molecule has 3 nitrogen and oxygen atoms in total. The molecule has 0 saturated carbocycles. The highest BCUT2D eigenvalue weighted by atomic mass is 15.1. The van der Waals surface area contributed by atoms with Crippen LogP contribution in [0.3, 0.4) is 0 Å². The van der Waals surface area contributed by atoms with Gasteiger partial charge in [-0.05, 0) is 93.7 Å².